The number of nitrogens with one attached hydrogen (secondary N) is 1. The molecule has 0 radical (unpaired) electrons. The standard InChI is InChI=1S/C33H30Cl2N4O2/c1-37(32(41)30(24-10-4-2-5-11-24)25-12-6-3-7-13-25)20-9-21-38-31-27(35)14-8-15-28(31)39(33(38)36)22-29(40)23-16-18-26(34)19-17-23/h2-8,10-19,30,36H,9,20-22H2,1H3. The number of para-hydroxylation sites is 1. The number of amides is 1. The van der Waals surface area contributed by atoms with Gasteiger partial charge in [-0.1, -0.05) is 89.9 Å². The number of carbonyl (C=O) groups excluding carboxylic acids is 2. The monoisotopic (exact) mass is 584 g/mol. The van der Waals surface area contributed by atoms with E-state index >= 15 is 0 Å². The maximum Gasteiger partial charge on any atom is 0.234 e. The normalized spacial score (nSPS) is 11.2. The van der Waals surface area contributed by atoms with Gasteiger partial charge in [-0.05, 0) is 53.9 Å². The first-order valence-electron chi connectivity index (χ1n) is 13.4. The van der Waals surface area contributed by atoms with Gasteiger partial charge in [-0.25, -0.2) is 0 Å². The quantitative estimate of drug-likeness (QED) is 0.183. The Morgan fingerprint density at radius 3 is 2.02 bits per heavy atom. The van der Waals surface area contributed by atoms with E-state index in [1.54, 1.807) is 39.8 Å². The zero-order chi connectivity index (χ0) is 28.9. The Balaban J connectivity index is 1.35. The number of Topliss-reactive ketones (excluding diaryl/α,β-unsaturated/α-hetero) is 1. The smallest absolute Gasteiger partial charge is 0.234 e. The van der Waals surface area contributed by atoms with Crippen LogP contribution in [0.25, 0.3) is 11.0 Å². The average molecular weight is 586 g/mol. The third kappa shape index (κ3) is 6.14. The second kappa shape index (κ2) is 12.6. The summed E-state index contributed by atoms with van der Waals surface area (Å²) in [7, 11) is 1.81. The van der Waals surface area contributed by atoms with Crippen LogP contribution in [-0.2, 0) is 17.9 Å². The van der Waals surface area contributed by atoms with Crippen molar-refractivity contribution in [2.24, 2.45) is 0 Å². The van der Waals surface area contributed by atoms with Gasteiger partial charge in [-0.2, -0.15) is 0 Å². The molecule has 1 N–H and O–H groups in total. The molecule has 0 saturated carbocycles. The van der Waals surface area contributed by atoms with Gasteiger partial charge < -0.3 is 14.0 Å². The number of benzene rings is 4. The fourth-order valence-corrected chi connectivity index (χ4v) is 5.57. The molecule has 0 fully saturated rings. The molecule has 0 unspecified atom stereocenters. The third-order valence-electron chi connectivity index (χ3n) is 7.27. The Kier molecular flexibility index (Phi) is 8.72. The highest BCUT2D eigenvalue weighted by atomic mass is 35.5. The van der Waals surface area contributed by atoms with E-state index in [0.29, 0.717) is 46.2 Å². The van der Waals surface area contributed by atoms with E-state index in [2.05, 4.69) is 0 Å². The van der Waals surface area contributed by atoms with Gasteiger partial charge >= 0.3 is 0 Å². The number of hydrogen-bond donors (Lipinski definition) is 1. The molecule has 0 spiro atoms. The molecule has 208 valence electrons. The molecule has 4 aromatic carbocycles. The van der Waals surface area contributed by atoms with E-state index in [4.69, 9.17) is 28.6 Å². The number of likely N-dealkylation sites (N-methyl/N-ethyl adjacent to an activating group) is 1. The lowest BCUT2D eigenvalue weighted by atomic mass is 9.90. The number of carbonyl (C=O) groups is 2. The number of hydrogen-bond acceptors (Lipinski definition) is 3. The molecular weight excluding hydrogens is 555 g/mol. The van der Waals surface area contributed by atoms with E-state index in [1.165, 1.54) is 0 Å². The number of imidazole rings is 1. The van der Waals surface area contributed by atoms with Crippen LogP contribution in [0.1, 0.15) is 33.8 Å². The zero-order valence-electron chi connectivity index (χ0n) is 22.6. The minimum Gasteiger partial charge on any atom is -0.345 e. The Hall–Kier alpha value is -4.13. The van der Waals surface area contributed by atoms with Crippen LogP contribution in [0.3, 0.4) is 0 Å². The van der Waals surface area contributed by atoms with E-state index < -0.39 is 5.92 Å². The molecule has 6 nitrogen and oxygen atoms in total. The van der Waals surface area contributed by atoms with Crippen LogP contribution in [-0.4, -0.2) is 39.3 Å². The van der Waals surface area contributed by atoms with Crippen LogP contribution >= 0.6 is 23.2 Å². The van der Waals surface area contributed by atoms with Gasteiger partial charge in [0.05, 0.1) is 28.5 Å². The van der Waals surface area contributed by atoms with Crippen molar-refractivity contribution in [1.82, 2.24) is 14.0 Å². The largest absolute Gasteiger partial charge is 0.345 e. The maximum atomic E-state index is 13.7. The van der Waals surface area contributed by atoms with E-state index in [0.717, 1.165) is 11.1 Å². The lowest BCUT2D eigenvalue weighted by Gasteiger charge is -2.25. The van der Waals surface area contributed by atoms with Crippen molar-refractivity contribution in [3.05, 3.63) is 135 Å². The average Bonchev–Trinajstić information content (AvgIpc) is 3.25. The van der Waals surface area contributed by atoms with Gasteiger partial charge in [-0.3, -0.25) is 15.0 Å². The molecule has 0 aliphatic carbocycles. The van der Waals surface area contributed by atoms with Crippen LogP contribution in [0.5, 0.6) is 0 Å². The molecule has 5 aromatic rings. The summed E-state index contributed by atoms with van der Waals surface area (Å²) < 4.78 is 3.49. The zero-order valence-corrected chi connectivity index (χ0v) is 24.1. The SMILES string of the molecule is CN(CCCn1c(=N)n(CC(=O)c2ccc(Cl)cc2)c2cccc(Cl)c21)C(=O)C(c1ccccc1)c1ccccc1. The van der Waals surface area contributed by atoms with Crippen molar-refractivity contribution >= 4 is 45.9 Å². The van der Waals surface area contributed by atoms with Gasteiger partial charge in [0.1, 0.15) is 0 Å². The Labute approximate surface area is 248 Å². The molecule has 0 aliphatic rings. The topological polar surface area (TPSA) is 71.1 Å². The van der Waals surface area contributed by atoms with Gasteiger partial charge in [0.15, 0.2) is 5.78 Å². The Morgan fingerprint density at radius 2 is 1.41 bits per heavy atom. The molecule has 41 heavy (non-hydrogen) atoms. The third-order valence-corrected chi connectivity index (χ3v) is 7.83. The molecule has 0 saturated heterocycles. The predicted octanol–water partition coefficient (Wildman–Crippen LogP) is 6.79. The highest BCUT2D eigenvalue weighted by molar-refractivity contribution is 6.35. The molecule has 1 amide bonds. The van der Waals surface area contributed by atoms with Crippen molar-refractivity contribution in [2.75, 3.05) is 13.6 Å². The summed E-state index contributed by atoms with van der Waals surface area (Å²) in [6, 6.07) is 31.8. The van der Waals surface area contributed by atoms with Crippen LogP contribution in [0.4, 0.5) is 0 Å². The summed E-state index contributed by atoms with van der Waals surface area (Å²) >= 11 is 12.6. The molecule has 0 atom stereocenters. The molecule has 1 aromatic heterocycles. The first-order chi connectivity index (χ1) is 19.8. The fourth-order valence-electron chi connectivity index (χ4n) is 5.17. The predicted molar refractivity (Wildman–Crippen MR) is 164 cm³/mol. The molecular formula is C33H30Cl2N4O2. The summed E-state index contributed by atoms with van der Waals surface area (Å²) in [4.78, 5) is 28.5. The van der Waals surface area contributed by atoms with Gasteiger partial charge in [0.25, 0.3) is 0 Å². The first-order valence-corrected chi connectivity index (χ1v) is 14.2. The molecule has 0 bridgehead atoms. The van der Waals surface area contributed by atoms with Crippen molar-refractivity contribution in [3.63, 3.8) is 0 Å². The van der Waals surface area contributed by atoms with Gasteiger partial charge in [0.2, 0.25) is 11.5 Å². The summed E-state index contributed by atoms with van der Waals surface area (Å²) in [5.74, 6) is -0.526. The van der Waals surface area contributed by atoms with Crippen LogP contribution < -0.4 is 5.62 Å². The number of halogens is 2. The van der Waals surface area contributed by atoms with E-state index in [1.807, 2.05) is 84.4 Å². The number of rotatable bonds is 10. The van der Waals surface area contributed by atoms with Crippen molar-refractivity contribution in [1.29, 1.82) is 5.41 Å². The summed E-state index contributed by atoms with van der Waals surface area (Å²) in [6.07, 6.45) is 0.602. The Morgan fingerprint density at radius 1 is 0.805 bits per heavy atom. The highest BCUT2D eigenvalue weighted by Gasteiger charge is 2.25. The highest BCUT2D eigenvalue weighted by Crippen LogP contribution is 2.27. The summed E-state index contributed by atoms with van der Waals surface area (Å²) in [5, 5.41) is 10.0. The molecule has 1 heterocycles. The summed E-state index contributed by atoms with van der Waals surface area (Å²) in [6.45, 7) is 0.945. The van der Waals surface area contributed by atoms with Crippen LogP contribution in [0.2, 0.25) is 10.0 Å². The molecule has 5 rings (SSSR count). The molecule has 0 aliphatic heterocycles. The number of aromatic nitrogens is 2. The summed E-state index contributed by atoms with van der Waals surface area (Å²) in [5.41, 5.74) is 4.00. The lowest BCUT2D eigenvalue weighted by Crippen LogP contribution is -2.34. The van der Waals surface area contributed by atoms with E-state index in [9.17, 15) is 9.59 Å². The Bertz CT molecular complexity index is 1690. The van der Waals surface area contributed by atoms with Gasteiger partial charge in [-0.15, -0.1) is 0 Å². The minimum absolute atomic E-state index is 0.00146. The number of ketones is 1. The minimum atomic E-state index is -0.406. The van der Waals surface area contributed by atoms with E-state index in [-0.39, 0.29) is 23.9 Å². The van der Waals surface area contributed by atoms with Crippen molar-refractivity contribution in [2.45, 2.75) is 25.4 Å². The fraction of sp³-hybridized carbons (Fsp3) is 0.182. The maximum absolute atomic E-state index is 13.7. The van der Waals surface area contributed by atoms with Crippen molar-refractivity contribution in [3.8, 4) is 0 Å². The van der Waals surface area contributed by atoms with Crippen LogP contribution in [0.15, 0.2) is 103 Å². The van der Waals surface area contributed by atoms with Crippen molar-refractivity contribution < 1.29 is 9.59 Å². The van der Waals surface area contributed by atoms with Crippen LogP contribution in [0, 0.1) is 5.41 Å². The first kappa shape index (κ1) is 28.4. The second-order valence-corrected chi connectivity index (χ2v) is 10.8. The number of nitrogens with zero attached hydrogens (tertiary/aromatic N) is 3. The lowest BCUT2D eigenvalue weighted by molar-refractivity contribution is -0.130. The molecule has 8 heteroatoms. The number of fused-ring (bicyclic) bond motifs is 1. The number of aryl methyl sites for hydroxylation is 1. The van der Waals surface area contributed by atoms with Gasteiger partial charge in [0, 0.05) is 30.7 Å². The second-order valence-electron chi connectivity index (χ2n) is 9.97.